The molecule has 0 fully saturated rings. The molecule has 0 aromatic carbocycles. The molecule has 7 heteroatoms. The Bertz CT molecular complexity index is 694. The number of nitrogens with zero attached hydrogens (tertiary/aromatic N) is 3. The fourth-order valence-electron chi connectivity index (χ4n) is 1.91. The number of nitrogens with one attached hydrogen (secondary N) is 1. The van der Waals surface area contributed by atoms with Crippen LogP contribution in [0.4, 0.5) is 0 Å². The topological polar surface area (TPSA) is 46.5 Å². The lowest BCUT2D eigenvalue weighted by molar-refractivity contribution is 0.593. The monoisotopic (exact) mass is 308 g/mol. The maximum absolute atomic E-state index is 5.33. The van der Waals surface area contributed by atoms with E-state index in [9.17, 15) is 0 Å². The molecule has 0 saturated carbocycles. The SMILES string of the molecule is CC(Cn1c(-c2cccs2)n[nH]c1=S)c1nccs1. The van der Waals surface area contributed by atoms with Crippen molar-refractivity contribution in [2.45, 2.75) is 19.4 Å². The Morgan fingerprint density at radius 2 is 2.32 bits per heavy atom. The summed E-state index contributed by atoms with van der Waals surface area (Å²) in [5.74, 6) is 1.23. The lowest BCUT2D eigenvalue weighted by atomic mass is 10.2. The third-order valence-corrected chi connectivity index (χ3v) is 5.01. The Balaban J connectivity index is 1.93. The Morgan fingerprint density at radius 1 is 1.42 bits per heavy atom. The molecule has 3 heterocycles. The second kappa shape index (κ2) is 5.36. The summed E-state index contributed by atoms with van der Waals surface area (Å²) < 4.78 is 2.71. The fourth-order valence-corrected chi connectivity index (χ4v) is 3.53. The van der Waals surface area contributed by atoms with E-state index in [1.165, 1.54) is 0 Å². The summed E-state index contributed by atoms with van der Waals surface area (Å²) in [7, 11) is 0. The van der Waals surface area contributed by atoms with E-state index in [4.69, 9.17) is 12.2 Å². The van der Waals surface area contributed by atoms with E-state index in [1.54, 1.807) is 22.7 Å². The van der Waals surface area contributed by atoms with E-state index >= 15 is 0 Å². The summed E-state index contributed by atoms with van der Waals surface area (Å²) >= 11 is 8.67. The smallest absolute Gasteiger partial charge is 0.195 e. The van der Waals surface area contributed by atoms with Crippen LogP contribution >= 0.6 is 34.9 Å². The Hall–Kier alpha value is -1.31. The molecule has 0 radical (unpaired) electrons. The summed E-state index contributed by atoms with van der Waals surface area (Å²) in [5, 5.41) is 12.4. The minimum Gasteiger partial charge on any atom is -0.299 e. The number of hydrogen-bond acceptors (Lipinski definition) is 5. The average molecular weight is 308 g/mol. The fraction of sp³-hybridized carbons (Fsp3) is 0.250. The second-order valence-corrected chi connectivity index (χ2v) is 6.47. The first kappa shape index (κ1) is 12.7. The van der Waals surface area contributed by atoms with Gasteiger partial charge in [0.2, 0.25) is 0 Å². The molecule has 0 bridgehead atoms. The maximum Gasteiger partial charge on any atom is 0.195 e. The first-order valence-electron chi connectivity index (χ1n) is 5.84. The highest BCUT2D eigenvalue weighted by Crippen LogP contribution is 2.26. The lowest BCUT2D eigenvalue weighted by Crippen LogP contribution is -2.07. The highest BCUT2D eigenvalue weighted by atomic mass is 32.1. The van der Waals surface area contributed by atoms with Crippen molar-refractivity contribution < 1.29 is 0 Å². The number of aromatic nitrogens is 4. The van der Waals surface area contributed by atoms with Crippen LogP contribution in [0.25, 0.3) is 10.7 Å². The molecule has 3 rings (SSSR count). The van der Waals surface area contributed by atoms with Gasteiger partial charge in [-0.1, -0.05) is 13.0 Å². The minimum atomic E-state index is 0.322. The van der Waals surface area contributed by atoms with Crippen LogP contribution < -0.4 is 0 Å². The Labute approximate surface area is 123 Å². The maximum atomic E-state index is 5.33. The zero-order valence-electron chi connectivity index (χ0n) is 10.2. The number of H-pyrrole nitrogens is 1. The normalized spacial score (nSPS) is 12.7. The van der Waals surface area contributed by atoms with Gasteiger partial charge in [-0.15, -0.1) is 22.7 Å². The van der Waals surface area contributed by atoms with Gasteiger partial charge in [0.1, 0.15) is 0 Å². The molecule has 0 aliphatic heterocycles. The molecule has 1 N–H and O–H groups in total. The van der Waals surface area contributed by atoms with Crippen LogP contribution in [0.3, 0.4) is 0 Å². The zero-order chi connectivity index (χ0) is 13.2. The molecule has 98 valence electrons. The molecular formula is C12H12N4S3. The highest BCUT2D eigenvalue weighted by molar-refractivity contribution is 7.71. The Kier molecular flexibility index (Phi) is 3.58. The summed E-state index contributed by atoms with van der Waals surface area (Å²) in [6.45, 7) is 2.95. The van der Waals surface area contributed by atoms with Crippen molar-refractivity contribution in [3.8, 4) is 10.7 Å². The van der Waals surface area contributed by atoms with Crippen LogP contribution in [-0.4, -0.2) is 19.7 Å². The highest BCUT2D eigenvalue weighted by Gasteiger charge is 2.15. The van der Waals surface area contributed by atoms with E-state index in [-0.39, 0.29) is 0 Å². The van der Waals surface area contributed by atoms with Crippen molar-refractivity contribution in [1.29, 1.82) is 0 Å². The van der Waals surface area contributed by atoms with Gasteiger partial charge in [-0.25, -0.2) is 4.98 Å². The first-order chi connectivity index (χ1) is 9.25. The van der Waals surface area contributed by atoms with Gasteiger partial charge in [0, 0.05) is 24.0 Å². The van der Waals surface area contributed by atoms with Crippen LogP contribution in [-0.2, 0) is 6.54 Å². The molecular weight excluding hydrogens is 296 g/mol. The minimum absolute atomic E-state index is 0.322. The largest absolute Gasteiger partial charge is 0.299 e. The van der Waals surface area contributed by atoms with Crippen molar-refractivity contribution in [2.75, 3.05) is 0 Å². The average Bonchev–Trinajstić information content (AvgIpc) is 3.10. The summed E-state index contributed by atoms with van der Waals surface area (Å²) in [4.78, 5) is 5.49. The summed E-state index contributed by atoms with van der Waals surface area (Å²) in [6.07, 6.45) is 1.84. The van der Waals surface area contributed by atoms with E-state index < -0.39 is 0 Å². The molecule has 19 heavy (non-hydrogen) atoms. The number of aromatic amines is 1. The van der Waals surface area contributed by atoms with Gasteiger partial charge in [0.05, 0.1) is 9.88 Å². The van der Waals surface area contributed by atoms with Crippen LogP contribution in [0, 0.1) is 4.77 Å². The molecule has 0 aliphatic carbocycles. The quantitative estimate of drug-likeness (QED) is 0.743. The molecule has 3 aromatic heterocycles. The molecule has 0 saturated heterocycles. The van der Waals surface area contributed by atoms with Crippen molar-refractivity contribution in [2.24, 2.45) is 0 Å². The van der Waals surface area contributed by atoms with E-state index in [2.05, 4.69) is 28.2 Å². The molecule has 1 unspecified atom stereocenters. The van der Waals surface area contributed by atoms with Crippen LogP contribution in [0.5, 0.6) is 0 Å². The number of thiazole rings is 1. The Morgan fingerprint density at radius 3 is 3.00 bits per heavy atom. The predicted octanol–water partition coefficient (Wildman–Crippen LogP) is 3.93. The number of rotatable bonds is 4. The number of thiophene rings is 1. The third kappa shape index (κ3) is 2.54. The van der Waals surface area contributed by atoms with Gasteiger partial charge in [0.15, 0.2) is 10.6 Å². The third-order valence-electron chi connectivity index (χ3n) is 2.83. The van der Waals surface area contributed by atoms with Crippen molar-refractivity contribution in [3.63, 3.8) is 0 Å². The molecule has 3 aromatic rings. The van der Waals surface area contributed by atoms with E-state index in [0.29, 0.717) is 10.7 Å². The van der Waals surface area contributed by atoms with E-state index in [1.807, 2.05) is 27.6 Å². The van der Waals surface area contributed by atoms with Crippen LogP contribution in [0.15, 0.2) is 29.1 Å². The van der Waals surface area contributed by atoms with Gasteiger partial charge in [-0.05, 0) is 23.7 Å². The predicted molar refractivity (Wildman–Crippen MR) is 81.3 cm³/mol. The van der Waals surface area contributed by atoms with E-state index in [0.717, 1.165) is 22.3 Å². The van der Waals surface area contributed by atoms with Gasteiger partial charge in [-0.2, -0.15) is 5.10 Å². The molecule has 0 spiro atoms. The standard InChI is InChI=1S/C12H12N4S3/c1-8(11-13-4-6-19-11)7-16-10(14-15-12(16)17)9-3-2-5-18-9/h2-6,8H,7H2,1H3,(H,15,17). The van der Waals surface area contributed by atoms with Crippen molar-refractivity contribution in [1.82, 2.24) is 19.7 Å². The lowest BCUT2D eigenvalue weighted by Gasteiger charge is -2.10. The van der Waals surface area contributed by atoms with Gasteiger partial charge in [0.25, 0.3) is 0 Å². The van der Waals surface area contributed by atoms with Crippen molar-refractivity contribution in [3.05, 3.63) is 38.9 Å². The van der Waals surface area contributed by atoms with Crippen molar-refractivity contribution >= 4 is 34.9 Å². The number of hydrogen-bond donors (Lipinski definition) is 1. The van der Waals surface area contributed by atoms with Crippen LogP contribution in [0.1, 0.15) is 17.8 Å². The molecule has 0 aliphatic rings. The molecule has 0 amide bonds. The van der Waals surface area contributed by atoms with Gasteiger partial charge < -0.3 is 0 Å². The second-order valence-electron chi connectivity index (χ2n) is 4.21. The summed E-state index contributed by atoms with van der Waals surface area (Å²) in [6, 6.07) is 4.08. The van der Waals surface area contributed by atoms with Gasteiger partial charge in [-0.3, -0.25) is 9.67 Å². The summed E-state index contributed by atoms with van der Waals surface area (Å²) in [5.41, 5.74) is 0. The first-order valence-corrected chi connectivity index (χ1v) is 8.01. The van der Waals surface area contributed by atoms with Crippen LogP contribution in [0.2, 0.25) is 0 Å². The molecule has 4 nitrogen and oxygen atoms in total. The molecule has 1 atom stereocenters. The van der Waals surface area contributed by atoms with Gasteiger partial charge >= 0.3 is 0 Å². The zero-order valence-corrected chi connectivity index (χ0v) is 12.7.